The molecule has 29 heavy (non-hydrogen) atoms. The molecule has 2 fully saturated rings. The summed E-state index contributed by atoms with van der Waals surface area (Å²) in [4.78, 5) is 19.6. The first-order valence-corrected chi connectivity index (χ1v) is 10.6. The van der Waals surface area contributed by atoms with Crippen LogP contribution in [0.2, 0.25) is 0 Å². The molecule has 2 aliphatic rings. The molecule has 1 amide bonds. The van der Waals surface area contributed by atoms with E-state index < -0.39 is 12.0 Å². The number of nitrogens with two attached hydrogens (primary N) is 2. The first-order valence-electron chi connectivity index (χ1n) is 10.6. The van der Waals surface area contributed by atoms with Gasteiger partial charge in [0.15, 0.2) is 11.6 Å². The Balaban J connectivity index is 1.78. The Morgan fingerprint density at radius 3 is 2.52 bits per heavy atom. The van der Waals surface area contributed by atoms with E-state index in [4.69, 9.17) is 16.9 Å². The van der Waals surface area contributed by atoms with Crippen LogP contribution in [0.5, 0.6) is 0 Å². The molecule has 0 aromatic carbocycles. The molecule has 0 saturated heterocycles. The first-order chi connectivity index (χ1) is 13.8. The maximum atomic E-state index is 11.0. The van der Waals surface area contributed by atoms with E-state index in [0.29, 0.717) is 23.3 Å². The smallest absolute Gasteiger partial charge is 0.388 e. The van der Waals surface area contributed by atoms with Gasteiger partial charge in [-0.05, 0) is 50.4 Å². The lowest BCUT2D eigenvalue weighted by atomic mass is 9.80. The Kier molecular flexibility index (Phi) is 6.76. The highest BCUT2D eigenvalue weighted by Gasteiger charge is 2.26. The van der Waals surface area contributed by atoms with Crippen molar-refractivity contribution in [1.82, 2.24) is 9.97 Å². The minimum absolute atomic E-state index is 0.0679. The number of anilines is 3. The van der Waals surface area contributed by atoms with Crippen LogP contribution in [-0.4, -0.2) is 34.5 Å². The second-order valence-electron chi connectivity index (χ2n) is 8.54. The van der Waals surface area contributed by atoms with Crippen LogP contribution in [0.25, 0.3) is 0 Å². The Bertz CT molecular complexity index is 743. The third-order valence-corrected chi connectivity index (χ3v) is 6.27. The van der Waals surface area contributed by atoms with Gasteiger partial charge in [0.05, 0.1) is 0 Å². The Labute approximate surface area is 171 Å². The maximum Gasteiger partial charge on any atom is 0.411 e. The predicted octanol–water partition coefficient (Wildman–Crippen LogP) is 3.32. The molecule has 7 N–H and O–H groups in total. The van der Waals surface area contributed by atoms with Crippen LogP contribution in [0.1, 0.15) is 64.6 Å². The van der Waals surface area contributed by atoms with Gasteiger partial charge >= 0.3 is 6.09 Å². The molecule has 160 valence electrons. The summed E-state index contributed by atoms with van der Waals surface area (Å²) in [6, 6.07) is 0.216. The van der Waals surface area contributed by atoms with Gasteiger partial charge in [-0.15, -0.1) is 0 Å². The van der Waals surface area contributed by atoms with Crippen molar-refractivity contribution in [3.8, 4) is 0 Å². The summed E-state index contributed by atoms with van der Waals surface area (Å²) in [5.74, 6) is 2.16. The fraction of sp³-hybridized carbons (Fsp3) is 0.700. The molecule has 9 nitrogen and oxygen atoms in total. The molecule has 0 unspecified atom stereocenters. The number of aromatic nitrogens is 2. The van der Waals surface area contributed by atoms with Gasteiger partial charge in [0.2, 0.25) is 5.82 Å². The Morgan fingerprint density at radius 2 is 1.93 bits per heavy atom. The zero-order valence-electron chi connectivity index (χ0n) is 17.3. The van der Waals surface area contributed by atoms with Gasteiger partial charge in [0.25, 0.3) is 5.90 Å². The van der Waals surface area contributed by atoms with Crippen LogP contribution < -0.4 is 22.1 Å². The van der Waals surface area contributed by atoms with Crippen molar-refractivity contribution >= 4 is 29.3 Å². The number of rotatable bonds is 7. The predicted molar refractivity (Wildman–Crippen MR) is 114 cm³/mol. The summed E-state index contributed by atoms with van der Waals surface area (Å²) < 4.78 is 4.63. The standard InChI is InChI=1S/C20H33N7O2/c1-11-6-8-13(9-7-11)10-24-15-16(21)26-19(17(22)29-20(23)28)27-18(15)25-12(2)14-4-3-5-14/h11-14,22,24H,3-10H2,1-2H3,(H2,23,28)(H3,21,25,26,27)/t11?,12-,13?/m1/s1. The van der Waals surface area contributed by atoms with E-state index in [1.165, 1.54) is 44.9 Å². The van der Waals surface area contributed by atoms with Crippen LogP contribution in [0.4, 0.5) is 22.1 Å². The number of nitrogen functional groups attached to an aromatic ring is 1. The van der Waals surface area contributed by atoms with Gasteiger partial charge in [0.1, 0.15) is 5.69 Å². The van der Waals surface area contributed by atoms with Crippen LogP contribution in [0, 0.1) is 23.2 Å². The Morgan fingerprint density at radius 1 is 1.24 bits per heavy atom. The molecule has 2 saturated carbocycles. The molecule has 1 atom stereocenters. The van der Waals surface area contributed by atoms with Gasteiger partial charge in [-0.2, -0.15) is 0 Å². The summed E-state index contributed by atoms with van der Waals surface area (Å²) in [6.45, 7) is 5.24. The minimum Gasteiger partial charge on any atom is -0.388 e. The molecular formula is C20H33N7O2. The molecule has 2 aliphatic carbocycles. The molecule has 1 aromatic rings. The van der Waals surface area contributed by atoms with Crippen molar-refractivity contribution in [2.24, 2.45) is 23.5 Å². The fourth-order valence-electron chi connectivity index (χ4n) is 4.06. The molecule has 0 aliphatic heterocycles. The molecule has 0 bridgehead atoms. The van der Waals surface area contributed by atoms with E-state index in [9.17, 15) is 4.79 Å². The SMILES string of the molecule is CC1CCC(CNc2c(N)nc(C(=N)OC(N)=O)nc2N[C@H](C)C2CCC2)CC1. The van der Waals surface area contributed by atoms with Gasteiger partial charge in [-0.25, -0.2) is 14.8 Å². The third-order valence-electron chi connectivity index (χ3n) is 6.27. The molecular weight excluding hydrogens is 370 g/mol. The largest absolute Gasteiger partial charge is 0.411 e. The normalized spacial score (nSPS) is 23.0. The lowest BCUT2D eigenvalue weighted by Gasteiger charge is -2.33. The highest BCUT2D eigenvalue weighted by Crippen LogP contribution is 2.34. The van der Waals surface area contributed by atoms with Gasteiger partial charge in [0, 0.05) is 12.6 Å². The van der Waals surface area contributed by atoms with E-state index in [-0.39, 0.29) is 17.7 Å². The lowest BCUT2D eigenvalue weighted by molar-refractivity contribution is 0.207. The number of nitrogens with zero attached hydrogens (tertiary/aromatic N) is 2. The molecule has 1 aromatic heterocycles. The number of amides is 1. The first kappa shape index (κ1) is 21.1. The summed E-state index contributed by atoms with van der Waals surface area (Å²) in [7, 11) is 0. The summed E-state index contributed by atoms with van der Waals surface area (Å²) in [5, 5.41) is 14.7. The third kappa shape index (κ3) is 5.48. The molecule has 9 heteroatoms. The number of nitrogens with one attached hydrogen (secondary N) is 3. The number of carbonyl (C=O) groups is 1. The summed E-state index contributed by atoms with van der Waals surface area (Å²) in [5.41, 5.74) is 11.9. The van der Waals surface area contributed by atoms with Crippen molar-refractivity contribution in [1.29, 1.82) is 5.41 Å². The molecule has 3 rings (SSSR count). The van der Waals surface area contributed by atoms with E-state index >= 15 is 0 Å². The van der Waals surface area contributed by atoms with E-state index in [1.54, 1.807) is 0 Å². The van der Waals surface area contributed by atoms with Crippen molar-refractivity contribution in [2.45, 2.75) is 64.8 Å². The number of hydrogen-bond donors (Lipinski definition) is 5. The number of ether oxygens (including phenoxy) is 1. The molecule has 1 heterocycles. The minimum atomic E-state index is -1.08. The quantitative estimate of drug-likeness (QED) is 0.346. The zero-order valence-corrected chi connectivity index (χ0v) is 17.3. The fourth-order valence-corrected chi connectivity index (χ4v) is 4.06. The van der Waals surface area contributed by atoms with E-state index in [2.05, 4.69) is 39.2 Å². The van der Waals surface area contributed by atoms with Crippen LogP contribution >= 0.6 is 0 Å². The number of carbonyl (C=O) groups excluding carboxylic acids is 1. The van der Waals surface area contributed by atoms with Crippen LogP contribution in [0.3, 0.4) is 0 Å². The van der Waals surface area contributed by atoms with Crippen LogP contribution in [-0.2, 0) is 4.74 Å². The monoisotopic (exact) mass is 403 g/mol. The number of primary amides is 1. The highest BCUT2D eigenvalue weighted by molar-refractivity contribution is 5.96. The second kappa shape index (κ2) is 9.28. The van der Waals surface area contributed by atoms with Crippen LogP contribution in [0.15, 0.2) is 0 Å². The topological polar surface area (TPSA) is 152 Å². The molecule has 0 radical (unpaired) electrons. The van der Waals surface area contributed by atoms with Crippen molar-refractivity contribution in [2.75, 3.05) is 22.9 Å². The number of hydrogen-bond acceptors (Lipinski definition) is 8. The molecule has 0 spiro atoms. The van der Waals surface area contributed by atoms with Gasteiger partial charge in [-0.1, -0.05) is 26.2 Å². The summed E-state index contributed by atoms with van der Waals surface area (Å²) >= 11 is 0. The highest BCUT2D eigenvalue weighted by atomic mass is 16.6. The Hall–Kier alpha value is -2.58. The zero-order chi connectivity index (χ0) is 21.0. The van der Waals surface area contributed by atoms with Gasteiger partial charge in [-0.3, -0.25) is 5.41 Å². The van der Waals surface area contributed by atoms with Crippen molar-refractivity contribution in [3.05, 3.63) is 5.82 Å². The van der Waals surface area contributed by atoms with Crippen molar-refractivity contribution < 1.29 is 9.53 Å². The van der Waals surface area contributed by atoms with E-state index in [1.807, 2.05) is 0 Å². The summed E-state index contributed by atoms with van der Waals surface area (Å²) in [6.07, 6.45) is 7.44. The maximum absolute atomic E-state index is 11.0. The van der Waals surface area contributed by atoms with Crippen molar-refractivity contribution in [3.63, 3.8) is 0 Å². The second-order valence-corrected chi connectivity index (χ2v) is 8.54. The van der Waals surface area contributed by atoms with E-state index in [0.717, 1.165) is 12.5 Å². The average molecular weight is 404 g/mol. The average Bonchev–Trinajstić information content (AvgIpc) is 2.60. The van der Waals surface area contributed by atoms with Gasteiger partial charge < -0.3 is 26.8 Å². The lowest BCUT2D eigenvalue weighted by Crippen LogP contribution is -2.32.